The van der Waals surface area contributed by atoms with Crippen LogP contribution in [0, 0.1) is 19.7 Å². The monoisotopic (exact) mass is 429 g/mol. The van der Waals surface area contributed by atoms with Crippen LogP contribution in [0.3, 0.4) is 0 Å². The van der Waals surface area contributed by atoms with Crippen LogP contribution >= 0.6 is 11.3 Å². The number of halogens is 1. The standard InChI is InChI=1S/C22H24FN3O3S/c1-13-21(30-14(2)24-13)19(27)17-18(15-5-7-16(23)8-6-15)26(22(29)20(17)28)12-11-25-9-3-4-10-25/h5-8,18,28H,3-4,9-12H2,1-2H3. The minimum Gasteiger partial charge on any atom is -0.503 e. The molecular weight excluding hydrogens is 405 g/mol. The molecule has 2 aliphatic heterocycles. The van der Waals surface area contributed by atoms with E-state index >= 15 is 0 Å². The summed E-state index contributed by atoms with van der Waals surface area (Å²) in [5, 5.41) is 11.4. The Labute approximate surface area is 178 Å². The summed E-state index contributed by atoms with van der Waals surface area (Å²) in [7, 11) is 0. The maximum atomic E-state index is 13.5. The van der Waals surface area contributed by atoms with Gasteiger partial charge in [0, 0.05) is 13.1 Å². The van der Waals surface area contributed by atoms with Crippen molar-refractivity contribution in [2.45, 2.75) is 32.7 Å². The zero-order valence-electron chi connectivity index (χ0n) is 17.0. The average Bonchev–Trinajstić information content (AvgIpc) is 3.41. The molecule has 1 N–H and O–H groups in total. The van der Waals surface area contributed by atoms with Crippen molar-refractivity contribution in [2.75, 3.05) is 26.2 Å². The summed E-state index contributed by atoms with van der Waals surface area (Å²) < 4.78 is 13.5. The molecule has 8 heteroatoms. The third-order valence-corrected chi connectivity index (χ3v) is 6.77. The molecule has 3 heterocycles. The van der Waals surface area contributed by atoms with Crippen molar-refractivity contribution >= 4 is 23.0 Å². The highest BCUT2D eigenvalue weighted by atomic mass is 32.1. The number of aliphatic hydroxyl groups is 1. The molecule has 158 valence electrons. The molecule has 2 aliphatic rings. The van der Waals surface area contributed by atoms with Gasteiger partial charge in [-0.1, -0.05) is 12.1 Å². The summed E-state index contributed by atoms with van der Waals surface area (Å²) in [6.45, 7) is 6.55. The van der Waals surface area contributed by atoms with Crippen LogP contribution in [-0.4, -0.2) is 57.8 Å². The van der Waals surface area contributed by atoms with E-state index < -0.39 is 29.3 Å². The minimum atomic E-state index is -0.755. The fourth-order valence-electron chi connectivity index (χ4n) is 4.23. The Kier molecular flexibility index (Phi) is 5.71. The van der Waals surface area contributed by atoms with E-state index in [0.29, 0.717) is 29.2 Å². The van der Waals surface area contributed by atoms with Gasteiger partial charge in [0.15, 0.2) is 5.76 Å². The molecular formula is C22H24FN3O3S. The zero-order chi connectivity index (χ0) is 21.4. The lowest BCUT2D eigenvalue weighted by Crippen LogP contribution is -2.37. The summed E-state index contributed by atoms with van der Waals surface area (Å²) >= 11 is 1.24. The maximum absolute atomic E-state index is 13.5. The van der Waals surface area contributed by atoms with Gasteiger partial charge in [0.1, 0.15) is 5.82 Å². The molecule has 1 saturated heterocycles. The van der Waals surface area contributed by atoms with Gasteiger partial charge in [-0.05, 0) is 57.5 Å². The molecule has 1 atom stereocenters. The predicted octanol–water partition coefficient (Wildman–Crippen LogP) is 3.57. The fraction of sp³-hybridized carbons (Fsp3) is 0.409. The van der Waals surface area contributed by atoms with Crippen LogP contribution in [0.25, 0.3) is 0 Å². The lowest BCUT2D eigenvalue weighted by molar-refractivity contribution is -0.129. The number of rotatable bonds is 6. The molecule has 1 unspecified atom stereocenters. The first-order valence-corrected chi connectivity index (χ1v) is 10.9. The van der Waals surface area contributed by atoms with Gasteiger partial charge < -0.3 is 14.9 Å². The van der Waals surface area contributed by atoms with E-state index in [1.807, 2.05) is 6.92 Å². The molecule has 30 heavy (non-hydrogen) atoms. The average molecular weight is 430 g/mol. The van der Waals surface area contributed by atoms with Crippen molar-refractivity contribution in [1.29, 1.82) is 0 Å². The van der Waals surface area contributed by atoms with Gasteiger partial charge in [-0.2, -0.15) is 0 Å². The molecule has 2 aromatic rings. The largest absolute Gasteiger partial charge is 0.503 e. The van der Waals surface area contributed by atoms with Gasteiger partial charge in [0.2, 0.25) is 5.78 Å². The Morgan fingerprint density at radius 3 is 2.47 bits per heavy atom. The molecule has 4 rings (SSSR count). The van der Waals surface area contributed by atoms with Gasteiger partial charge in [-0.3, -0.25) is 9.59 Å². The Balaban J connectivity index is 1.71. The number of Topliss-reactive ketones (excluding diaryl/α,β-unsaturated/α-hetero) is 1. The second-order valence-electron chi connectivity index (χ2n) is 7.74. The SMILES string of the molecule is Cc1nc(C)c(C(=O)C2=C(O)C(=O)N(CCN3CCCC3)C2c2ccc(F)cc2)s1. The fourth-order valence-corrected chi connectivity index (χ4v) is 5.10. The van der Waals surface area contributed by atoms with Crippen molar-refractivity contribution in [3.05, 3.63) is 62.6 Å². The van der Waals surface area contributed by atoms with Gasteiger partial charge in [0.05, 0.1) is 27.2 Å². The first-order valence-electron chi connectivity index (χ1n) is 10.1. The van der Waals surface area contributed by atoms with E-state index in [9.17, 15) is 19.1 Å². The van der Waals surface area contributed by atoms with Crippen LogP contribution < -0.4 is 0 Å². The van der Waals surface area contributed by atoms with Crippen molar-refractivity contribution in [3.8, 4) is 0 Å². The Bertz CT molecular complexity index is 1010. The van der Waals surface area contributed by atoms with Gasteiger partial charge in [-0.15, -0.1) is 11.3 Å². The van der Waals surface area contributed by atoms with Crippen LogP contribution in [0.4, 0.5) is 4.39 Å². The van der Waals surface area contributed by atoms with Crippen LogP contribution in [0.5, 0.6) is 0 Å². The van der Waals surface area contributed by atoms with E-state index in [2.05, 4.69) is 9.88 Å². The molecule has 1 fully saturated rings. The topological polar surface area (TPSA) is 73.7 Å². The quantitative estimate of drug-likeness (QED) is 0.711. The Morgan fingerprint density at radius 2 is 1.87 bits per heavy atom. The number of likely N-dealkylation sites (tertiary alicyclic amines) is 1. The third-order valence-electron chi connectivity index (χ3n) is 5.70. The number of aryl methyl sites for hydroxylation is 2. The van der Waals surface area contributed by atoms with Gasteiger partial charge in [0.25, 0.3) is 5.91 Å². The van der Waals surface area contributed by atoms with Gasteiger partial charge >= 0.3 is 0 Å². The molecule has 0 saturated carbocycles. The molecule has 1 amide bonds. The van der Waals surface area contributed by atoms with Crippen molar-refractivity contribution in [3.63, 3.8) is 0 Å². The molecule has 1 aromatic heterocycles. The van der Waals surface area contributed by atoms with E-state index in [1.165, 1.54) is 28.4 Å². The lowest BCUT2D eigenvalue weighted by atomic mass is 9.95. The highest BCUT2D eigenvalue weighted by Gasteiger charge is 2.44. The number of benzene rings is 1. The highest BCUT2D eigenvalue weighted by Crippen LogP contribution is 2.40. The number of carbonyl (C=O) groups excluding carboxylic acids is 2. The smallest absolute Gasteiger partial charge is 0.290 e. The number of hydrogen-bond acceptors (Lipinski definition) is 6. The summed E-state index contributed by atoms with van der Waals surface area (Å²) in [6, 6.07) is 4.98. The van der Waals surface area contributed by atoms with E-state index in [4.69, 9.17) is 0 Å². The number of aliphatic hydroxyl groups excluding tert-OH is 1. The number of ketones is 1. The predicted molar refractivity (Wildman–Crippen MR) is 112 cm³/mol. The van der Waals surface area contributed by atoms with Crippen LogP contribution in [0.2, 0.25) is 0 Å². The highest BCUT2D eigenvalue weighted by molar-refractivity contribution is 7.14. The number of thiazole rings is 1. The first-order chi connectivity index (χ1) is 14.4. The molecule has 6 nitrogen and oxygen atoms in total. The van der Waals surface area contributed by atoms with Gasteiger partial charge in [-0.25, -0.2) is 9.37 Å². The molecule has 0 aliphatic carbocycles. The number of aromatic nitrogens is 1. The molecule has 0 bridgehead atoms. The number of nitrogens with zero attached hydrogens (tertiary/aromatic N) is 3. The maximum Gasteiger partial charge on any atom is 0.290 e. The summed E-state index contributed by atoms with van der Waals surface area (Å²) in [5.41, 5.74) is 1.21. The second-order valence-corrected chi connectivity index (χ2v) is 8.94. The number of amides is 1. The van der Waals surface area contributed by atoms with Crippen LogP contribution in [0.15, 0.2) is 35.6 Å². The molecule has 0 spiro atoms. The normalized spacial score (nSPS) is 19.9. The second kappa shape index (κ2) is 8.28. The Hall–Kier alpha value is -2.58. The number of carbonyl (C=O) groups is 2. The van der Waals surface area contributed by atoms with Crippen molar-refractivity contribution in [1.82, 2.24) is 14.8 Å². The van der Waals surface area contributed by atoms with Crippen molar-refractivity contribution < 1.29 is 19.1 Å². The van der Waals surface area contributed by atoms with Crippen molar-refractivity contribution in [2.24, 2.45) is 0 Å². The van der Waals surface area contributed by atoms with Crippen LogP contribution in [0.1, 0.15) is 44.8 Å². The zero-order valence-corrected chi connectivity index (χ0v) is 17.8. The summed E-state index contributed by atoms with van der Waals surface area (Å²) in [5.74, 6) is -1.89. The lowest BCUT2D eigenvalue weighted by Gasteiger charge is -2.28. The summed E-state index contributed by atoms with van der Waals surface area (Å²) in [4.78, 5) is 34.8. The number of hydrogen-bond donors (Lipinski definition) is 1. The molecule has 1 aromatic carbocycles. The third kappa shape index (κ3) is 3.77. The summed E-state index contributed by atoms with van der Waals surface area (Å²) in [6.07, 6.45) is 2.26. The first kappa shape index (κ1) is 20.7. The molecule has 0 radical (unpaired) electrons. The Morgan fingerprint density at radius 1 is 1.20 bits per heavy atom. The van der Waals surface area contributed by atoms with Crippen LogP contribution in [-0.2, 0) is 4.79 Å². The van der Waals surface area contributed by atoms with E-state index in [0.717, 1.165) is 30.9 Å². The minimum absolute atomic E-state index is 0.0415. The van der Waals surface area contributed by atoms with E-state index in [-0.39, 0.29) is 5.57 Å². The van der Waals surface area contributed by atoms with E-state index in [1.54, 1.807) is 19.1 Å².